The van der Waals surface area contributed by atoms with Crippen LogP contribution in [0.4, 0.5) is 5.95 Å². The van der Waals surface area contributed by atoms with Gasteiger partial charge in [-0.2, -0.15) is 4.98 Å². The van der Waals surface area contributed by atoms with Gasteiger partial charge in [0.1, 0.15) is 0 Å². The fourth-order valence-corrected chi connectivity index (χ4v) is 1.91. The molecule has 0 aliphatic heterocycles. The molecule has 0 fully saturated rings. The van der Waals surface area contributed by atoms with Gasteiger partial charge in [-0.1, -0.05) is 0 Å². The number of hydrogen-bond acceptors (Lipinski definition) is 7. The maximum Gasteiger partial charge on any atom is 0.280 e. The van der Waals surface area contributed by atoms with E-state index >= 15 is 0 Å². The smallest absolute Gasteiger partial charge is 0.280 e. The Kier molecular flexibility index (Phi) is 2.90. The van der Waals surface area contributed by atoms with Gasteiger partial charge in [-0.25, -0.2) is 9.97 Å². The molecule has 0 amide bonds. The highest BCUT2D eigenvalue weighted by Gasteiger charge is 2.10. The molecule has 0 radical (unpaired) electrons. The molecule has 3 aromatic rings. The summed E-state index contributed by atoms with van der Waals surface area (Å²) >= 11 is 0. The van der Waals surface area contributed by atoms with Crippen LogP contribution in [0.25, 0.3) is 22.4 Å². The number of phenols is 1. The zero-order valence-electron chi connectivity index (χ0n) is 11.0. The molecular weight excluding hydrogens is 274 g/mol. The molecule has 3 rings (SSSR count). The van der Waals surface area contributed by atoms with Crippen molar-refractivity contribution in [3.05, 3.63) is 34.7 Å². The van der Waals surface area contributed by atoms with E-state index < -0.39 is 5.56 Å². The van der Waals surface area contributed by atoms with E-state index in [4.69, 9.17) is 10.5 Å². The number of H-pyrrole nitrogens is 1. The van der Waals surface area contributed by atoms with Gasteiger partial charge in [0.2, 0.25) is 5.95 Å². The van der Waals surface area contributed by atoms with Crippen LogP contribution in [-0.2, 0) is 0 Å². The van der Waals surface area contributed by atoms with Crippen LogP contribution in [0.1, 0.15) is 0 Å². The molecule has 21 heavy (non-hydrogen) atoms. The summed E-state index contributed by atoms with van der Waals surface area (Å²) in [7, 11) is 1.45. The second-order valence-corrected chi connectivity index (χ2v) is 4.27. The van der Waals surface area contributed by atoms with Crippen molar-refractivity contribution in [3.63, 3.8) is 0 Å². The van der Waals surface area contributed by atoms with Crippen LogP contribution in [-0.4, -0.2) is 32.2 Å². The van der Waals surface area contributed by atoms with Crippen LogP contribution in [0.15, 0.2) is 29.2 Å². The Morgan fingerprint density at radius 3 is 2.90 bits per heavy atom. The van der Waals surface area contributed by atoms with Crippen molar-refractivity contribution in [2.75, 3.05) is 12.8 Å². The topological polar surface area (TPSA) is 127 Å². The Morgan fingerprint density at radius 1 is 1.33 bits per heavy atom. The molecule has 0 aliphatic rings. The minimum absolute atomic E-state index is 0.0131. The summed E-state index contributed by atoms with van der Waals surface area (Å²) in [5.74, 6) is 0.307. The number of aromatic nitrogens is 4. The number of anilines is 1. The van der Waals surface area contributed by atoms with Gasteiger partial charge in [0.15, 0.2) is 22.7 Å². The van der Waals surface area contributed by atoms with E-state index in [1.165, 1.54) is 19.4 Å². The first-order chi connectivity index (χ1) is 10.1. The molecule has 0 unspecified atom stereocenters. The van der Waals surface area contributed by atoms with E-state index in [0.717, 1.165) is 0 Å². The fraction of sp³-hybridized carbons (Fsp3) is 0.0769. The number of phenolic OH excluding ortho intramolecular Hbond substituents is 1. The molecule has 0 saturated heterocycles. The SMILES string of the molecule is COc1cc(-c2cnc3nc(N)[nH]c(=O)c3n2)ccc1O. The van der Waals surface area contributed by atoms with Crippen LogP contribution in [0.2, 0.25) is 0 Å². The van der Waals surface area contributed by atoms with Crippen LogP contribution in [0.3, 0.4) is 0 Å². The van der Waals surface area contributed by atoms with Crippen molar-refractivity contribution in [3.8, 4) is 22.8 Å². The molecule has 0 aliphatic carbocycles. The second kappa shape index (κ2) is 4.75. The summed E-state index contributed by atoms with van der Waals surface area (Å²) < 4.78 is 5.04. The molecule has 2 aromatic heterocycles. The highest BCUT2D eigenvalue weighted by Crippen LogP contribution is 2.30. The predicted molar refractivity (Wildman–Crippen MR) is 76.0 cm³/mol. The van der Waals surface area contributed by atoms with Gasteiger partial charge >= 0.3 is 0 Å². The average Bonchev–Trinajstić information content (AvgIpc) is 2.47. The molecule has 4 N–H and O–H groups in total. The largest absolute Gasteiger partial charge is 0.504 e. The van der Waals surface area contributed by atoms with Crippen LogP contribution < -0.4 is 16.0 Å². The van der Waals surface area contributed by atoms with Gasteiger partial charge in [-0.3, -0.25) is 9.78 Å². The molecule has 0 saturated carbocycles. The zero-order chi connectivity index (χ0) is 15.0. The lowest BCUT2D eigenvalue weighted by atomic mass is 10.1. The van der Waals surface area contributed by atoms with E-state index in [0.29, 0.717) is 17.0 Å². The summed E-state index contributed by atoms with van der Waals surface area (Å²) in [6, 6.07) is 4.72. The summed E-state index contributed by atoms with van der Waals surface area (Å²) in [4.78, 5) is 26.4. The number of nitrogens with one attached hydrogen (secondary N) is 1. The summed E-state index contributed by atoms with van der Waals surface area (Å²) in [6.07, 6.45) is 1.47. The lowest BCUT2D eigenvalue weighted by Gasteiger charge is -2.06. The van der Waals surface area contributed by atoms with Crippen LogP contribution >= 0.6 is 0 Å². The maximum atomic E-state index is 11.8. The minimum Gasteiger partial charge on any atom is -0.504 e. The number of hydrogen-bond donors (Lipinski definition) is 3. The highest BCUT2D eigenvalue weighted by molar-refractivity contribution is 5.74. The van der Waals surface area contributed by atoms with E-state index in [9.17, 15) is 9.90 Å². The summed E-state index contributed by atoms with van der Waals surface area (Å²) in [6.45, 7) is 0. The second-order valence-electron chi connectivity index (χ2n) is 4.27. The lowest BCUT2D eigenvalue weighted by molar-refractivity contribution is 0.373. The number of ether oxygens (including phenoxy) is 1. The monoisotopic (exact) mass is 285 g/mol. The third kappa shape index (κ3) is 2.22. The fourth-order valence-electron chi connectivity index (χ4n) is 1.91. The number of benzene rings is 1. The Bertz CT molecular complexity index is 891. The molecule has 8 heteroatoms. The Hall–Kier alpha value is -3.16. The molecule has 106 valence electrons. The maximum absolute atomic E-state index is 11.8. The minimum atomic E-state index is -0.461. The van der Waals surface area contributed by atoms with Crippen molar-refractivity contribution >= 4 is 17.1 Å². The molecule has 2 heterocycles. The standard InChI is InChI=1S/C13H11N5O3/c1-21-9-4-6(2-3-8(9)19)7-5-15-11-10(16-7)12(20)18-13(14)17-11/h2-5,19H,1H3,(H3,14,15,17,18,20). The third-order valence-corrected chi connectivity index (χ3v) is 2.91. The van der Waals surface area contributed by atoms with Crippen molar-refractivity contribution in [1.82, 2.24) is 19.9 Å². The Labute approximate surface area is 118 Å². The normalized spacial score (nSPS) is 10.7. The number of fused-ring (bicyclic) bond motifs is 1. The highest BCUT2D eigenvalue weighted by atomic mass is 16.5. The zero-order valence-corrected chi connectivity index (χ0v) is 11.0. The number of methoxy groups -OCH3 is 1. The average molecular weight is 285 g/mol. The van der Waals surface area contributed by atoms with Crippen LogP contribution in [0, 0.1) is 0 Å². The van der Waals surface area contributed by atoms with Gasteiger partial charge in [0, 0.05) is 5.56 Å². The molecular formula is C13H11N5O3. The van der Waals surface area contributed by atoms with E-state index in [2.05, 4.69) is 19.9 Å². The van der Waals surface area contributed by atoms with Gasteiger partial charge in [0.25, 0.3) is 5.56 Å². The van der Waals surface area contributed by atoms with Gasteiger partial charge in [-0.05, 0) is 18.2 Å². The van der Waals surface area contributed by atoms with Crippen molar-refractivity contribution in [2.45, 2.75) is 0 Å². The number of aromatic hydroxyl groups is 1. The predicted octanol–water partition coefficient (Wildman–Crippen LogP) is 0.676. The molecule has 0 atom stereocenters. The molecule has 1 aromatic carbocycles. The molecule has 0 spiro atoms. The lowest BCUT2D eigenvalue weighted by Crippen LogP contribution is -2.13. The van der Waals surface area contributed by atoms with Gasteiger partial charge < -0.3 is 15.6 Å². The van der Waals surface area contributed by atoms with Crippen molar-refractivity contribution in [2.24, 2.45) is 0 Å². The first-order valence-electron chi connectivity index (χ1n) is 5.98. The summed E-state index contributed by atoms with van der Waals surface area (Å²) in [5.41, 5.74) is 6.36. The number of nitrogen functional groups attached to an aromatic ring is 1. The van der Waals surface area contributed by atoms with Crippen molar-refractivity contribution < 1.29 is 9.84 Å². The van der Waals surface area contributed by atoms with E-state index in [-0.39, 0.29) is 22.9 Å². The first-order valence-corrected chi connectivity index (χ1v) is 5.98. The Balaban J connectivity index is 2.19. The van der Waals surface area contributed by atoms with E-state index in [1.807, 2.05) is 0 Å². The third-order valence-electron chi connectivity index (χ3n) is 2.91. The van der Waals surface area contributed by atoms with Gasteiger partial charge in [-0.15, -0.1) is 0 Å². The number of rotatable bonds is 2. The van der Waals surface area contributed by atoms with Crippen molar-refractivity contribution in [1.29, 1.82) is 0 Å². The summed E-state index contributed by atoms with van der Waals surface area (Å²) in [5, 5.41) is 9.59. The van der Waals surface area contributed by atoms with Gasteiger partial charge in [0.05, 0.1) is 19.0 Å². The number of aromatic amines is 1. The number of nitrogens with two attached hydrogens (primary N) is 1. The molecule has 8 nitrogen and oxygen atoms in total. The first kappa shape index (κ1) is 12.9. The van der Waals surface area contributed by atoms with Crippen LogP contribution in [0.5, 0.6) is 11.5 Å². The number of nitrogens with zero attached hydrogens (tertiary/aromatic N) is 3. The molecule has 0 bridgehead atoms. The Morgan fingerprint density at radius 2 is 2.14 bits per heavy atom. The van der Waals surface area contributed by atoms with E-state index in [1.54, 1.807) is 12.1 Å². The quantitative estimate of drug-likeness (QED) is 0.631.